The highest BCUT2D eigenvalue weighted by molar-refractivity contribution is 7.89. The number of hydrogen-bond acceptors (Lipinski definition) is 4. The molecule has 1 unspecified atom stereocenters. The van der Waals surface area contributed by atoms with Crippen LogP contribution in [-0.4, -0.2) is 45.9 Å². The number of hydrogen-bond donors (Lipinski definition) is 2. The van der Waals surface area contributed by atoms with Crippen LogP contribution in [0, 0.1) is 17.5 Å². The molecule has 0 saturated carbocycles. The average molecular weight is 429 g/mol. The van der Waals surface area contributed by atoms with E-state index < -0.39 is 50.4 Å². The molecule has 0 aliphatic rings. The largest absolute Gasteiger partial charge is 0.353 e. The van der Waals surface area contributed by atoms with Gasteiger partial charge in [-0.2, -0.15) is 4.72 Å². The molecule has 6 nitrogen and oxygen atoms in total. The van der Waals surface area contributed by atoms with Crippen molar-refractivity contribution in [3.63, 3.8) is 0 Å². The third-order valence-corrected chi connectivity index (χ3v) is 5.85. The molecule has 1 amide bonds. The zero-order chi connectivity index (χ0) is 21.8. The highest BCUT2D eigenvalue weighted by atomic mass is 32.2. The number of halogens is 3. The fourth-order valence-corrected chi connectivity index (χ4v) is 4.02. The molecule has 29 heavy (non-hydrogen) atoms. The lowest BCUT2D eigenvalue weighted by atomic mass is 10.0. The maximum absolute atomic E-state index is 14.1. The van der Waals surface area contributed by atoms with Crippen LogP contribution in [0.2, 0.25) is 0 Å². The Bertz CT molecular complexity index is 963. The number of nitrogens with zero attached hydrogens (tertiary/aromatic N) is 1. The van der Waals surface area contributed by atoms with Crippen molar-refractivity contribution in [3.8, 4) is 0 Å². The van der Waals surface area contributed by atoms with Crippen LogP contribution in [0.25, 0.3) is 0 Å². The van der Waals surface area contributed by atoms with Crippen molar-refractivity contribution in [1.29, 1.82) is 0 Å². The number of amides is 1. The molecule has 0 saturated heterocycles. The molecule has 2 aromatic rings. The zero-order valence-corrected chi connectivity index (χ0v) is 16.9. The number of nitrogens with one attached hydrogen (secondary N) is 2. The lowest BCUT2D eigenvalue weighted by Crippen LogP contribution is -2.47. The second kappa shape index (κ2) is 9.38. The van der Waals surface area contributed by atoms with E-state index in [4.69, 9.17) is 0 Å². The number of sulfonamides is 1. The minimum atomic E-state index is -4.27. The molecule has 2 rings (SSSR count). The Hall–Kier alpha value is -2.43. The fraction of sp³-hybridized carbons (Fsp3) is 0.316. The van der Waals surface area contributed by atoms with Crippen LogP contribution in [0.15, 0.2) is 47.4 Å². The quantitative estimate of drug-likeness (QED) is 0.674. The molecule has 2 N–H and O–H groups in total. The smallest absolute Gasteiger partial charge is 0.244 e. The fourth-order valence-electron chi connectivity index (χ4n) is 2.73. The second-order valence-corrected chi connectivity index (χ2v) is 8.32. The van der Waals surface area contributed by atoms with E-state index in [1.165, 1.54) is 30.0 Å². The molecule has 0 bridgehead atoms. The van der Waals surface area contributed by atoms with Gasteiger partial charge in [0.05, 0.1) is 12.1 Å². The molecular formula is C19H22F3N3O3S. The molecule has 0 radical (unpaired) electrons. The maximum atomic E-state index is 14.1. The van der Waals surface area contributed by atoms with Crippen molar-refractivity contribution in [1.82, 2.24) is 14.9 Å². The van der Waals surface area contributed by atoms with Crippen molar-refractivity contribution in [2.45, 2.75) is 23.9 Å². The summed E-state index contributed by atoms with van der Waals surface area (Å²) in [7, 11) is -1.09. The normalized spacial score (nSPS) is 13.9. The van der Waals surface area contributed by atoms with Gasteiger partial charge in [-0.15, -0.1) is 0 Å². The van der Waals surface area contributed by atoms with E-state index >= 15 is 0 Å². The van der Waals surface area contributed by atoms with Gasteiger partial charge in [0.15, 0.2) is 0 Å². The lowest BCUT2D eigenvalue weighted by molar-refractivity contribution is -0.122. The molecule has 0 spiro atoms. The van der Waals surface area contributed by atoms with Crippen LogP contribution < -0.4 is 10.0 Å². The summed E-state index contributed by atoms with van der Waals surface area (Å²) < 4.78 is 68.6. The molecule has 0 aliphatic heterocycles. The zero-order valence-electron chi connectivity index (χ0n) is 16.1. The van der Waals surface area contributed by atoms with E-state index in [-0.39, 0.29) is 12.1 Å². The highest BCUT2D eigenvalue weighted by Crippen LogP contribution is 2.24. The number of likely N-dealkylation sites (N-methyl/N-ethyl adjacent to an activating group) is 1. The van der Waals surface area contributed by atoms with Crippen molar-refractivity contribution < 1.29 is 26.4 Å². The third-order valence-electron chi connectivity index (χ3n) is 4.28. The van der Waals surface area contributed by atoms with Gasteiger partial charge in [0, 0.05) is 12.1 Å². The molecule has 2 atom stereocenters. The summed E-state index contributed by atoms with van der Waals surface area (Å²) in [5.41, 5.74) is -0.211. The van der Waals surface area contributed by atoms with Gasteiger partial charge in [-0.1, -0.05) is 18.2 Å². The van der Waals surface area contributed by atoms with Crippen LogP contribution in [0.1, 0.15) is 18.5 Å². The predicted molar refractivity (Wildman–Crippen MR) is 102 cm³/mol. The summed E-state index contributed by atoms with van der Waals surface area (Å²) in [4.78, 5) is 13.3. The standard InChI is InChI=1S/C19H22F3N3O3S/c1-12(24-29(27,28)17-10-5-4-7-13(17)20)19(26)23-11-16(25(2)3)18-14(21)8-6-9-15(18)22/h4-10,12,16,24H,11H2,1-3H3,(H,23,26)/t12-,16?/m0/s1. The van der Waals surface area contributed by atoms with Gasteiger partial charge in [0.25, 0.3) is 0 Å². The summed E-state index contributed by atoms with van der Waals surface area (Å²) >= 11 is 0. The average Bonchev–Trinajstić information content (AvgIpc) is 2.63. The molecule has 158 valence electrons. The van der Waals surface area contributed by atoms with Crippen LogP contribution >= 0.6 is 0 Å². The first-order chi connectivity index (χ1) is 13.5. The first-order valence-electron chi connectivity index (χ1n) is 8.69. The van der Waals surface area contributed by atoms with Gasteiger partial charge in [0.1, 0.15) is 22.3 Å². The molecular weight excluding hydrogens is 407 g/mol. The Kier molecular flexibility index (Phi) is 7.39. The van der Waals surface area contributed by atoms with Crippen LogP contribution in [-0.2, 0) is 14.8 Å². The van der Waals surface area contributed by atoms with E-state index in [2.05, 4.69) is 10.0 Å². The lowest BCUT2D eigenvalue weighted by Gasteiger charge is -2.26. The molecule has 0 aliphatic carbocycles. The van der Waals surface area contributed by atoms with E-state index in [1.807, 2.05) is 0 Å². The summed E-state index contributed by atoms with van der Waals surface area (Å²) in [5.74, 6) is -3.19. The highest BCUT2D eigenvalue weighted by Gasteiger charge is 2.27. The van der Waals surface area contributed by atoms with Crippen molar-refractivity contribution >= 4 is 15.9 Å². The Labute approximate surface area is 167 Å². The second-order valence-electron chi connectivity index (χ2n) is 6.63. The molecule has 0 heterocycles. The number of benzene rings is 2. The van der Waals surface area contributed by atoms with Crippen LogP contribution in [0.5, 0.6) is 0 Å². The minimum absolute atomic E-state index is 0.171. The van der Waals surface area contributed by atoms with Crippen LogP contribution in [0.3, 0.4) is 0 Å². The molecule has 0 aromatic heterocycles. The number of rotatable bonds is 8. The SMILES string of the molecule is C[C@H](NS(=O)(=O)c1ccccc1F)C(=O)NCC(c1c(F)cccc1F)N(C)C. The summed E-state index contributed by atoms with van der Waals surface area (Å²) in [6.45, 7) is 1.11. The van der Waals surface area contributed by atoms with Gasteiger partial charge in [0.2, 0.25) is 15.9 Å². The molecule has 2 aromatic carbocycles. The Morgan fingerprint density at radius 1 is 1.00 bits per heavy atom. The Morgan fingerprint density at radius 3 is 2.10 bits per heavy atom. The third kappa shape index (κ3) is 5.55. The van der Waals surface area contributed by atoms with E-state index in [1.54, 1.807) is 14.1 Å². The van der Waals surface area contributed by atoms with Crippen molar-refractivity contribution in [2.24, 2.45) is 0 Å². The Morgan fingerprint density at radius 2 is 1.55 bits per heavy atom. The van der Waals surface area contributed by atoms with E-state index in [0.717, 1.165) is 24.3 Å². The maximum Gasteiger partial charge on any atom is 0.244 e. The van der Waals surface area contributed by atoms with E-state index in [0.29, 0.717) is 0 Å². The monoisotopic (exact) mass is 429 g/mol. The van der Waals surface area contributed by atoms with E-state index in [9.17, 15) is 26.4 Å². The van der Waals surface area contributed by atoms with Gasteiger partial charge in [-0.25, -0.2) is 21.6 Å². The number of carbonyl (C=O) groups is 1. The summed E-state index contributed by atoms with van der Waals surface area (Å²) in [5, 5.41) is 2.47. The topological polar surface area (TPSA) is 78.5 Å². The van der Waals surface area contributed by atoms with Crippen molar-refractivity contribution in [2.75, 3.05) is 20.6 Å². The predicted octanol–water partition coefficient (Wildman–Crippen LogP) is 2.19. The van der Waals surface area contributed by atoms with Gasteiger partial charge in [-0.05, 0) is 45.3 Å². The minimum Gasteiger partial charge on any atom is -0.353 e. The van der Waals surface area contributed by atoms with Gasteiger partial charge < -0.3 is 10.2 Å². The van der Waals surface area contributed by atoms with Crippen molar-refractivity contribution in [3.05, 3.63) is 65.5 Å². The first kappa shape index (κ1) is 22.9. The molecule has 10 heteroatoms. The first-order valence-corrected chi connectivity index (χ1v) is 10.2. The van der Waals surface area contributed by atoms with Crippen LogP contribution in [0.4, 0.5) is 13.2 Å². The Balaban J connectivity index is 2.10. The summed E-state index contributed by atoms with van der Waals surface area (Å²) in [6, 6.07) is 6.15. The van der Waals surface area contributed by atoms with Gasteiger partial charge in [-0.3, -0.25) is 4.79 Å². The van der Waals surface area contributed by atoms with Gasteiger partial charge >= 0.3 is 0 Å². The number of carbonyl (C=O) groups excluding carboxylic acids is 1. The molecule has 0 fully saturated rings. The summed E-state index contributed by atoms with van der Waals surface area (Å²) in [6.07, 6.45) is 0.